The molecule has 0 aromatic heterocycles. The number of carbonyl (C=O) groups excluding carboxylic acids is 1. The van der Waals surface area contributed by atoms with E-state index in [1.54, 1.807) is 36.0 Å². The second kappa shape index (κ2) is 9.58. The van der Waals surface area contributed by atoms with E-state index < -0.39 is 10.0 Å². The van der Waals surface area contributed by atoms with E-state index in [4.69, 9.17) is 0 Å². The van der Waals surface area contributed by atoms with Gasteiger partial charge in [-0.2, -0.15) is 0 Å². The van der Waals surface area contributed by atoms with E-state index in [0.29, 0.717) is 11.3 Å². The molecule has 0 unspecified atom stereocenters. The molecule has 0 aliphatic rings. The molecule has 0 atom stereocenters. The molecule has 31 heavy (non-hydrogen) atoms. The van der Waals surface area contributed by atoms with Crippen molar-refractivity contribution in [3.05, 3.63) is 89.0 Å². The normalized spacial score (nSPS) is 11.2. The van der Waals surface area contributed by atoms with E-state index in [1.165, 1.54) is 10.6 Å². The second-order valence-corrected chi connectivity index (χ2v) is 10.2. The molecule has 162 valence electrons. The van der Waals surface area contributed by atoms with Crippen molar-refractivity contribution < 1.29 is 13.2 Å². The van der Waals surface area contributed by atoms with Crippen molar-refractivity contribution >= 4 is 39.1 Å². The summed E-state index contributed by atoms with van der Waals surface area (Å²) in [5, 5.41) is 2.94. The molecule has 0 aliphatic carbocycles. The standard InChI is InChI=1S/C24H26N2O3S2/c1-17-9-10-18(2)22(15-17)26(31(4,28)29)16-19-11-13-20(14-12-19)24(27)25-21-7-5-6-8-23(21)30-3/h5-15H,16H2,1-4H3,(H,25,27). The fourth-order valence-electron chi connectivity index (χ4n) is 3.24. The number of amides is 1. The smallest absolute Gasteiger partial charge is 0.255 e. The molecule has 3 aromatic carbocycles. The number of carbonyl (C=O) groups is 1. The van der Waals surface area contributed by atoms with Gasteiger partial charge in [0.15, 0.2) is 0 Å². The molecular formula is C24H26N2O3S2. The maximum Gasteiger partial charge on any atom is 0.255 e. The number of aryl methyl sites for hydroxylation is 2. The van der Waals surface area contributed by atoms with Gasteiger partial charge in [-0.15, -0.1) is 11.8 Å². The lowest BCUT2D eigenvalue weighted by atomic mass is 10.1. The molecule has 3 aromatic rings. The number of rotatable bonds is 7. The minimum absolute atomic E-state index is 0.195. The Balaban J connectivity index is 1.81. The van der Waals surface area contributed by atoms with Crippen molar-refractivity contribution in [3.63, 3.8) is 0 Å². The number of anilines is 2. The van der Waals surface area contributed by atoms with Gasteiger partial charge >= 0.3 is 0 Å². The quantitative estimate of drug-likeness (QED) is 0.496. The number of nitrogens with one attached hydrogen (secondary N) is 1. The van der Waals surface area contributed by atoms with E-state index in [-0.39, 0.29) is 12.5 Å². The zero-order valence-corrected chi connectivity index (χ0v) is 19.7. The minimum Gasteiger partial charge on any atom is -0.321 e. The number of hydrogen-bond donors (Lipinski definition) is 1. The highest BCUT2D eigenvalue weighted by atomic mass is 32.2. The van der Waals surface area contributed by atoms with Crippen LogP contribution in [0.2, 0.25) is 0 Å². The van der Waals surface area contributed by atoms with Crippen molar-refractivity contribution in [1.82, 2.24) is 0 Å². The van der Waals surface area contributed by atoms with Gasteiger partial charge in [-0.3, -0.25) is 9.10 Å². The highest BCUT2D eigenvalue weighted by molar-refractivity contribution is 7.98. The van der Waals surface area contributed by atoms with Crippen LogP contribution in [0.15, 0.2) is 71.6 Å². The molecule has 0 bridgehead atoms. The van der Waals surface area contributed by atoms with Gasteiger partial charge in [-0.1, -0.05) is 36.4 Å². The lowest BCUT2D eigenvalue weighted by Gasteiger charge is -2.25. The van der Waals surface area contributed by atoms with E-state index in [1.807, 2.05) is 62.6 Å². The van der Waals surface area contributed by atoms with E-state index in [9.17, 15) is 13.2 Å². The van der Waals surface area contributed by atoms with Crippen LogP contribution in [-0.4, -0.2) is 26.8 Å². The SMILES string of the molecule is CSc1ccccc1NC(=O)c1ccc(CN(c2cc(C)ccc2C)S(C)(=O)=O)cc1. The Morgan fingerprint density at radius 1 is 1.00 bits per heavy atom. The average Bonchev–Trinajstić information content (AvgIpc) is 2.74. The van der Waals surface area contributed by atoms with E-state index in [2.05, 4.69) is 5.32 Å². The van der Waals surface area contributed by atoms with Gasteiger partial charge in [0.05, 0.1) is 24.2 Å². The Labute approximate surface area is 188 Å². The number of para-hydroxylation sites is 1. The lowest BCUT2D eigenvalue weighted by molar-refractivity contribution is 0.102. The number of thioether (sulfide) groups is 1. The molecule has 1 amide bonds. The van der Waals surface area contributed by atoms with E-state index in [0.717, 1.165) is 27.3 Å². The molecule has 3 rings (SSSR count). The van der Waals surface area contributed by atoms with Gasteiger partial charge in [-0.05, 0) is 67.1 Å². The molecule has 7 heteroatoms. The van der Waals surface area contributed by atoms with Crippen molar-refractivity contribution in [2.75, 3.05) is 22.1 Å². The van der Waals surface area contributed by atoms with E-state index >= 15 is 0 Å². The minimum atomic E-state index is -3.48. The first kappa shape index (κ1) is 22.9. The summed E-state index contributed by atoms with van der Waals surface area (Å²) in [6, 6.07) is 20.4. The van der Waals surface area contributed by atoms with Crippen molar-refractivity contribution in [2.24, 2.45) is 0 Å². The topological polar surface area (TPSA) is 66.5 Å². The Morgan fingerprint density at radius 2 is 1.68 bits per heavy atom. The Bertz CT molecular complexity index is 1190. The second-order valence-electron chi connectivity index (χ2n) is 7.41. The summed E-state index contributed by atoms with van der Waals surface area (Å²) in [6.07, 6.45) is 3.17. The van der Waals surface area contributed by atoms with Crippen LogP contribution in [0.1, 0.15) is 27.0 Å². The highest BCUT2D eigenvalue weighted by Gasteiger charge is 2.20. The predicted octanol–water partition coefficient (Wildman–Crippen LogP) is 5.24. The van der Waals surface area contributed by atoms with Crippen molar-refractivity contribution in [1.29, 1.82) is 0 Å². The van der Waals surface area contributed by atoms with Gasteiger partial charge < -0.3 is 5.32 Å². The summed E-state index contributed by atoms with van der Waals surface area (Å²) in [5.74, 6) is -0.206. The van der Waals surface area contributed by atoms with Crippen LogP contribution < -0.4 is 9.62 Å². The molecule has 0 radical (unpaired) electrons. The van der Waals surface area contributed by atoms with Gasteiger partial charge in [0.25, 0.3) is 5.91 Å². The lowest BCUT2D eigenvalue weighted by Crippen LogP contribution is -2.30. The molecule has 0 saturated heterocycles. The van der Waals surface area contributed by atoms with Crippen LogP contribution in [0.3, 0.4) is 0 Å². The Morgan fingerprint density at radius 3 is 2.32 bits per heavy atom. The molecule has 1 N–H and O–H groups in total. The fourth-order valence-corrected chi connectivity index (χ4v) is 4.73. The van der Waals surface area contributed by atoms with Gasteiger partial charge in [0, 0.05) is 10.5 Å². The third-order valence-electron chi connectivity index (χ3n) is 4.93. The summed E-state index contributed by atoms with van der Waals surface area (Å²) >= 11 is 1.57. The number of nitrogens with zero attached hydrogens (tertiary/aromatic N) is 1. The van der Waals surface area contributed by atoms with Gasteiger partial charge in [-0.25, -0.2) is 8.42 Å². The highest BCUT2D eigenvalue weighted by Crippen LogP contribution is 2.27. The molecular weight excluding hydrogens is 428 g/mol. The number of hydrogen-bond acceptors (Lipinski definition) is 4. The summed E-state index contributed by atoms with van der Waals surface area (Å²) in [6.45, 7) is 4.03. The maximum atomic E-state index is 12.7. The van der Waals surface area contributed by atoms with Crippen LogP contribution >= 0.6 is 11.8 Å². The van der Waals surface area contributed by atoms with Crippen LogP contribution in [0.4, 0.5) is 11.4 Å². The zero-order valence-electron chi connectivity index (χ0n) is 18.0. The first-order valence-electron chi connectivity index (χ1n) is 9.77. The summed E-state index contributed by atoms with van der Waals surface area (Å²) < 4.78 is 26.4. The van der Waals surface area contributed by atoms with Crippen LogP contribution in [-0.2, 0) is 16.6 Å². The summed E-state index contributed by atoms with van der Waals surface area (Å²) in [5.41, 5.74) is 4.62. The predicted molar refractivity (Wildman–Crippen MR) is 130 cm³/mol. The van der Waals surface area contributed by atoms with Gasteiger partial charge in [0.1, 0.15) is 0 Å². The number of sulfonamides is 1. The van der Waals surface area contributed by atoms with Crippen LogP contribution in [0.25, 0.3) is 0 Å². The molecule has 0 fully saturated rings. The molecule has 5 nitrogen and oxygen atoms in total. The summed E-state index contributed by atoms with van der Waals surface area (Å²) in [4.78, 5) is 13.6. The maximum absolute atomic E-state index is 12.7. The number of benzene rings is 3. The largest absolute Gasteiger partial charge is 0.321 e. The zero-order chi connectivity index (χ0) is 22.6. The summed E-state index contributed by atoms with van der Waals surface area (Å²) in [7, 11) is -3.48. The first-order chi connectivity index (χ1) is 14.7. The molecule has 0 spiro atoms. The van der Waals surface area contributed by atoms with Gasteiger partial charge in [0.2, 0.25) is 10.0 Å². The molecule has 0 aliphatic heterocycles. The van der Waals surface area contributed by atoms with Crippen molar-refractivity contribution in [2.45, 2.75) is 25.3 Å². The first-order valence-corrected chi connectivity index (χ1v) is 12.8. The Kier molecular flexibility index (Phi) is 7.08. The molecule has 0 saturated carbocycles. The molecule has 0 heterocycles. The van der Waals surface area contributed by atoms with Crippen LogP contribution in [0.5, 0.6) is 0 Å². The Hall–Kier alpha value is -2.77. The third-order valence-corrected chi connectivity index (χ3v) is 6.85. The monoisotopic (exact) mass is 454 g/mol. The van der Waals surface area contributed by atoms with Crippen LogP contribution in [0, 0.1) is 13.8 Å². The fraction of sp³-hybridized carbons (Fsp3) is 0.208. The average molecular weight is 455 g/mol. The van der Waals surface area contributed by atoms with Crippen molar-refractivity contribution in [3.8, 4) is 0 Å². The third kappa shape index (κ3) is 5.68.